The fourth-order valence-corrected chi connectivity index (χ4v) is 3.79. The number of rotatable bonds is 8. The molecule has 0 aliphatic carbocycles. The van der Waals surface area contributed by atoms with Crippen LogP contribution in [-0.4, -0.2) is 29.8 Å². The van der Waals surface area contributed by atoms with Crippen molar-refractivity contribution in [1.82, 2.24) is 10.2 Å². The summed E-state index contributed by atoms with van der Waals surface area (Å²) in [6.07, 6.45) is 0.724. The molecular weight excluding hydrogens is 384 g/mol. The third-order valence-corrected chi connectivity index (χ3v) is 5.56. The van der Waals surface area contributed by atoms with Crippen molar-refractivity contribution in [3.63, 3.8) is 0 Å². The quantitative estimate of drug-likeness (QED) is 0.600. The number of carbonyl (C=O) groups excluding carboxylic acids is 2. The van der Waals surface area contributed by atoms with Gasteiger partial charge in [-0.25, -0.2) is 0 Å². The van der Waals surface area contributed by atoms with E-state index in [9.17, 15) is 9.59 Å². The molecule has 3 rings (SSSR count). The van der Waals surface area contributed by atoms with E-state index in [0.717, 1.165) is 27.8 Å². The molecule has 31 heavy (non-hydrogen) atoms. The van der Waals surface area contributed by atoms with E-state index in [1.807, 2.05) is 92.7 Å². The summed E-state index contributed by atoms with van der Waals surface area (Å²) in [4.78, 5) is 28.2. The number of nitrogens with zero attached hydrogens (tertiary/aromatic N) is 1. The minimum absolute atomic E-state index is 0.0571. The number of likely N-dealkylation sites (N-methyl/N-ethyl adjacent to an activating group) is 1. The highest BCUT2D eigenvalue weighted by atomic mass is 16.2. The Kier molecular flexibility index (Phi) is 7.60. The molecule has 0 bridgehead atoms. The fraction of sp³-hybridized carbons (Fsp3) is 0.259. The normalized spacial score (nSPS) is 11.6. The van der Waals surface area contributed by atoms with Gasteiger partial charge in [-0.2, -0.15) is 0 Å². The first kappa shape index (κ1) is 22.3. The Hall–Kier alpha value is -3.40. The molecule has 0 fully saturated rings. The van der Waals surface area contributed by atoms with Crippen molar-refractivity contribution in [3.05, 3.63) is 107 Å². The zero-order chi connectivity index (χ0) is 22.2. The van der Waals surface area contributed by atoms with Crippen LogP contribution in [0.5, 0.6) is 0 Å². The monoisotopic (exact) mass is 414 g/mol. The zero-order valence-electron chi connectivity index (χ0n) is 18.5. The Morgan fingerprint density at radius 2 is 1.55 bits per heavy atom. The minimum atomic E-state index is -0.593. The number of nitrogens with one attached hydrogen (secondary N) is 1. The second kappa shape index (κ2) is 10.6. The van der Waals surface area contributed by atoms with Gasteiger partial charge in [0.25, 0.3) is 0 Å². The second-order valence-corrected chi connectivity index (χ2v) is 7.93. The molecule has 160 valence electrons. The van der Waals surface area contributed by atoms with Crippen LogP contribution in [0, 0.1) is 13.8 Å². The smallest absolute Gasteiger partial charge is 0.242 e. The predicted octanol–water partition coefficient (Wildman–Crippen LogP) is 4.23. The van der Waals surface area contributed by atoms with E-state index in [1.165, 1.54) is 0 Å². The lowest BCUT2D eigenvalue weighted by Crippen LogP contribution is -2.50. The molecule has 1 atom stereocenters. The van der Waals surface area contributed by atoms with Gasteiger partial charge in [-0.15, -0.1) is 0 Å². The average Bonchev–Trinajstić information content (AvgIpc) is 2.77. The number of hydrogen-bond donors (Lipinski definition) is 1. The summed E-state index contributed by atoms with van der Waals surface area (Å²) in [5, 5.41) is 2.76. The summed E-state index contributed by atoms with van der Waals surface area (Å²) in [6.45, 7) is 4.44. The van der Waals surface area contributed by atoms with Crippen molar-refractivity contribution in [1.29, 1.82) is 0 Å². The van der Waals surface area contributed by atoms with Gasteiger partial charge >= 0.3 is 0 Å². The zero-order valence-corrected chi connectivity index (χ0v) is 18.5. The Morgan fingerprint density at radius 3 is 2.23 bits per heavy atom. The Labute approximate surface area is 184 Å². The Morgan fingerprint density at radius 1 is 0.871 bits per heavy atom. The van der Waals surface area contributed by atoms with Gasteiger partial charge in [0.2, 0.25) is 11.8 Å². The lowest BCUT2D eigenvalue weighted by molar-refractivity contribution is -0.140. The third kappa shape index (κ3) is 6.05. The van der Waals surface area contributed by atoms with E-state index >= 15 is 0 Å². The average molecular weight is 415 g/mol. The van der Waals surface area contributed by atoms with Crippen LogP contribution >= 0.6 is 0 Å². The molecule has 0 aliphatic rings. The van der Waals surface area contributed by atoms with Crippen molar-refractivity contribution in [2.45, 2.75) is 39.3 Å². The number of aryl methyl sites for hydroxylation is 2. The molecule has 0 aromatic heterocycles. The van der Waals surface area contributed by atoms with Gasteiger partial charge in [-0.05, 0) is 36.1 Å². The van der Waals surface area contributed by atoms with Gasteiger partial charge in [0, 0.05) is 20.0 Å². The lowest BCUT2D eigenvalue weighted by atomic mass is 10.00. The predicted molar refractivity (Wildman–Crippen MR) is 125 cm³/mol. The van der Waals surface area contributed by atoms with E-state index in [-0.39, 0.29) is 18.2 Å². The first-order valence-electron chi connectivity index (χ1n) is 10.6. The standard InChI is InChI=1S/C27H30N2O2/c1-20-10-9-14-23(16-20)18-26(30)29(19-24-15-8-7-11-21(24)2)25(27(31)28-3)17-22-12-5-4-6-13-22/h4-16,25H,17-19H2,1-3H3,(H,28,31)/t25-/m0/s1. The van der Waals surface area contributed by atoms with E-state index in [1.54, 1.807) is 11.9 Å². The molecule has 0 heterocycles. The molecule has 0 aliphatic heterocycles. The molecule has 2 amide bonds. The molecule has 0 unspecified atom stereocenters. The van der Waals surface area contributed by atoms with Crippen LogP contribution in [0.3, 0.4) is 0 Å². The van der Waals surface area contributed by atoms with Crippen molar-refractivity contribution in [2.75, 3.05) is 7.05 Å². The highest BCUT2D eigenvalue weighted by Crippen LogP contribution is 2.18. The van der Waals surface area contributed by atoms with Crippen LogP contribution < -0.4 is 5.32 Å². The van der Waals surface area contributed by atoms with Crippen LogP contribution in [0.1, 0.15) is 27.8 Å². The van der Waals surface area contributed by atoms with Crippen molar-refractivity contribution < 1.29 is 9.59 Å². The molecule has 4 heteroatoms. The highest BCUT2D eigenvalue weighted by Gasteiger charge is 2.30. The molecule has 3 aromatic carbocycles. The van der Waals surface area contributed by atoms with E-state index in [4.69, 9.17) is 0 Å². The number of amides is 2. The molecule has 0 spiro atoms. The van der Waals surface area contributed by atoms with Crippen LogP contribution in [0.25, 0.3) is 0 Å². The van der Waals surface area contributed by atoms with Crippen LogP contribution in [0.2, 0.25) is 0 Å². The third-order valence-electron chi connectivity index (χ3n) is 5.56. The topological polar surface area (TPSA) is 49.4 Å². The van der Waals surface area contributed by atoms with Gasteiger partial charge in [-0.3, -0.25) is 9.59 Å². The maximum Gasteiger partial charge on any atom is 0.242 e. The van der Waals surface area contributed by atoms with Crippen molar-refractivity contribution >= 4 is 11.8 Å². The second-order valence-electron chi connectivity index (χ2n) is 7.93. The summed E-state index contributed by atoms with van der Waals surface area (Å²) in [6, 6.07) is 25.2. The number of carbonyl (C=O) groups is 2. The molecular formula is C27H30N2O2. The van der Waals surface area contributed by atoms with Gasteiger partial charge in [-0.1, -0.05) is 84.4 Å². The van der Waals surface area contributed by atoms with Crippen LogP contribution in [0.15, 0.2) is 78.9 Å². The maximum atomic E-state index is 13.5. The van der Waals surface area contributed by atoms with Crippen LogP contribution in [-0.2, 0) is 29.0 Å². The molecule has 0 radical (unpaired) electrons. The SMILES string of the molecule is CNC(=O)[C@H](Cc1ccccc1)N(Cc1ccccc1C)C(=O)Cc1cccc(C)c1. The summed E-state index contributed by atoms with van der Waals surface area (Å²) >= 11 is 0. The summed E-state index contributed by atoms with van der Waals surface area (Å²) in [7, 11) is 1.62. The first-order chi connectivity index (χ1) is 15.0. The Bertz CT molecular complexity index is 1030. The van der Waals surface area contributed by atoms with Crippen molar-refractivity contribution in [3.8, 4) is 0 Å². The Balaban J connectivity index is 1.95. The van der Waals surface area contributed by atoms with Crippen LogP contribution in [0.4, 0.5) is 0 Å². The van der Waals surface area contributed by atoms with E-state index in [0.29, 0.717) is 13.0 Å². The lowest BCUT2D eigenvalue weighted by Gasteiger charge is -2.31. The maximum absolute atomic E-state index is 13.5. The van der Waals surface area contributed by atoms with Crippen molar-refractivity contribution in [2.24, 2.45) is 0 Å². The van der Waals surface area contributed by atoms with Gasteiger partial charge < -0.3 is 10.2 Å². The van der Waals surface area contributed by atoms with Gasteiger partial charge in [0.1, 0.15) is 6.04 Å². The van der Waals surface area contributed by atoms with E-state index in [2.05, 4.69) is 5.32 Å². The minimum Gasteiger partial charge on any atom is -0.357 e. The van der Waals surface area contributed by atoms with E-state index < -0.39 is 6.04 Å². The fourth-order valence-electron chi connectivity index (χ4n) is 3.79. The molecule has 0 saturated carbocycles. The molecule has 4 nitrogen and oxygen atoms in total. The highest BCUT2D eigenvalue weighted by molar-refractivity contribution is 5.88. The largest absolute Gasteiger partial charge is 0.357 e. The number of benzene rings is 3. The first-order valence-corrected chi connectivity index (χ1v) is 10.6. The summed E-state index contributed by atoms with van der Waals surface area (Å²) in [5.41, 5.74) is 5.24. The summed E-state index contributed by atoms with van der Waals surface area (Å²) < 4.78 is 0. The number of hydrogen-bond acceptors (Lipinski definition) is 2. The molecule has 0 saturated heterocycles. The van der Waals surface area contributed by atoms with Gasteiger partial charge in [0.05, 0.1) is 6.42 Å². The summed E-state index contributed by atoms with van der Waals surface area (Å²) in [5.74, 6) is -0.214. The molecule has 1 N–H and O–H groups in total. The molecule has 3 aromatic rings. The van der Waals surface area contributed by atoms with Gasteiger partial charge in [0.15, 0.2) is 0 Å².